The second-order valence-corrected chi connectivity index (χ2v) is 7.11. The number of urea groups is 1. The van der Waals surface area contributed by atoms with Crippen LogP contribution in [0.5, 0.6) is 0 Å². The summed E-state index contributed by atoms with van der Waals surface area (Å²) in [5.74, 6) is -2.54. The number of carbonyl (C=O) groups is 5. The summed E-state index contributed by atoms with van der Waals surface area (Å²) >= 11 is 0. The normalized spacial score (nSPS) is 13.8. The molecule has 29 heavy (non-hydrogen) atoms. The van der Waals surface area contributed by atoms with Gasteiger partial charge < -0.3 is 32.1 Å². The number of rotatable bonds is 14. The Morgan fingerprint density at radius 3 is 2.03 bits per heavy atom. The first kappa shape index (κ1) is 26.3. The summed E-state index contributed by atoms with van der Waals surface area (Å²) in [6, 6.07) is -3.09. The zero-order valence-electron chi connectivity index (χ0n) is 17.4. The Kier molecular flexibility index (Phi) is 12.2. The molecule has 0 radical (unpaired) electrons. The predicted octanol–water partition coefficient (Wildman–Crippen LogP) is -0.898. The van der Waals surface area contributed by atoms with E-state index in [-0.39, 0.29) is 31.1 Å². The summed E-state index contributed by atoms with van der Waals surface area (Å²) in [7, 11) is 1.53. The van der Waals surface area contributed by atoms with Gasteiger partial charge in [0.2, 0.25) is 11.8 Å². The third-order valence-electron chi connectivity index (χ3n) is 4.33. The summed E-state index contributed by atoms with van der Waals surface area (Å²) < 4.78 is 0. The first-order chi connectivity index (χ1) is 13.5. The van der Waals surface area contributed by atoms with Gasteiger partial charge in [0.15, 0.2) is 5.78 Å². The van der Waals surface area contributed by atoms with E-state index in [0.717, 1.165) is 0 Å². The first-order valence-electron chi connectivity index (χ1n) is 9.53. The number of likely N-dealkylation sites (N-methyl/N-ethyl adjacent to an activating group) is 1. The number of nitrogens with two attached hydrogens (primary N) is 1. The Balaban J connectivity index is 4.95. The second kappa shape index (κ2) is 13.5. The lowest BCUT2D eigenvalue weighted by atomic mass is 10.0. The van der Waals surface area contributed by atoms with Crippen molar-refractivity contribution in [3.8, 4) is 0 Å². The van der Waals surface area contributed by atoms with Gasteiger partial charge in [0.1, 0.15) is 6.04 Å². The van der Waals surface area contributed by atoms with E-state index in [1.807, 2.05) is 0 Å². The van der Waals surface area contributed by atoms with E-state index in [9.17, 15) is 24.0 Å². The second-order valence-electron chi connectivity index (χ2n) is 7.11. The molecule has 0 heterocycles. The van der Waals surface area contributed by atoms with Crippen LogP contribution in [-0.2, 0) is 19.2 Å². The molecule has 11 nitrogen and oxygen atoms in total. The van der Waals surface area contributed by atoms with Gasteiger partial charge in [-0.05, 0) is 39.2 Å². The fraction of sp³-hybridized carbons (Fsp3) is 0.722. The molecule has 0 fully saturated rings. The van der Waals surface area contributed by atoms with Crippen molar-refractivity contribution in [2.45, 2.75) is 64.6 Å². The zero-order valence-corrected chi connectivity index (χ0v) is 17.4. The van der Waals surface area contributed by atoms with E-state index in [0.29, 0.717) is 12.8 Å². The molecule has 0 spiro atoms. The molecular weight excluding hydrogens is 382 g/mol. The topological polar surface area (TPSA) is 180 Å². The van der Waals surface area contributed by atoms with E-state index in [2.05, 4.69) is 21.3 Å². The van der Waals surface area contributed by atoms with E-state index in [1.165, 1.54) is 14.0 Å². The van der Waals surface area contributed by atoms with Crippen molar-refractivity contribution < 1.29 is 29.1 Å². The van der Waals surface area contributed by atoms with E-state index in [4.69, 9.17) is 10.8 Å². The van der Waals surface area contributed by atoms with Crippen LogP contribution in [0.25, 0.3) is 0 Å². The van der Waals surface area contributed by atoms with Crippen molar-refractivity contribution in [2.75, 3.05) is 13.6 Å². The summed E-state index contributed by atoms with van der Waals surface area (Å²) in [5.41, 5.74) is 4.98. The highest BCUT2D eigenvalue weighted by Gasteiger charge is 2.29. The van der Waals surface area contributed by atoms with Crippen LogP contribution in [0, 0.1) is 5.92 Å². The van der Waals surface area contributed by atoms with Crippen LogP contribution in [0.3, 0.4) is 0 Å². The van der Waals surface area contributed by atoms with Gasteiger partial charge in [0.05, 0.1) is 12.1 Å². The maximum Gasteiger partial charge on any atom is 0.312 e. The van der Waals surface area contributed by atoms with Crippen molar-refractivity contribution in [2.24, 2.45) is 11.7 Å². The van der Waals surface area contributed by atoms with Crippen LogP contribution in [0.2, 0.25) is 0 Å². The number of aliphatic carboxylic acids is 1. The standard InChI is InChI=1S/C18H33N5O6/c1-10(2)15(23-16(27)13(20-4)7-8-14(25)26)17(28)22-12(11(3)24)6-5-9-21-18(19)29/h10,12-13,15,20H,5-9H2,1-4H3,(H,22,28)(H,23,27)(H,25,26)(H3,19,21,29). The molecule has 0 aromatic heterocycles. The molecule has 0 aliphatic carbocycles. The lowest BCUT2D eigenvalue weighted by Gasteiger charge is -2.26. The number of carboxylic acid groups (broad SMARTS) is 1. The Hall–Kier alpha value is -2.69. The first-order valence-corrected chi connectivity index (χ1v) is 9.53. The Morgan fingerprint density at radius 1 is 0.966 bits per heavy atom. The fourth-order valence-corrected chi connectivity index (χ4v) is 2.62. The molecule has 0 aliphatic rings. The molecule has 0 aliphatic heterocycles. The molecule has 3 unspecified atom stereocenters. The molecule has 0 rings (SSSR count). The highest BCUT2D eigenvalue weighted by molar-refractivity contribution is 5.93. The fourth-order valence-electron chi connectivity index (χ4n) is 2.62. The van der Waals surface area contributed by atoms with Crippen LogP contribution in [0.1, 0.15) is 46.5 Å². The molecule has 0 aromatic carbocycles. The minimum absolute atomic E-state index is 0.0764. The number of hydrogen-bond donors (Lipinski definition) is 6. The van der Waals surface area contributed by atoms with E-state index in [1.54, 1.807) is 13.8 Å². The predicted molar refractivity (Wildman–Crippen MR) is 106 cm³/mol. The Labute approximate surface area is 170 Å². The number of amides is 4. The SMILES string of the molecule is CNC(CCC(=O)O)C(=O)NC(C(=O)NC(CCCNC(N)=O)C(C)=O)C(C)C. The number of ketones is 1. The van der Waals surface area contributed by atoms with Gasteiger partial charge in [-0.2, -0.15) is 0 Å². The largest absolute Gasteiger partial charge is 0.481 e. The Morgan fingerprint density at radius 2 is 1.59 bits per heavy atom. The third kappa shape index (κ3) is 11.0. The van der Waals surface area contributed by atoms with Gasteiger partial charge in [-0.1, -0.05) is 13.8 Å². The van der Waals surface area contributed by atoms with Gasteiger partial charge in [0.25, 0.3) is 0 Å². The smallest absolute Gasteiger partial charge is 0.312 e. The van der Waals surface area contributed by atoms with Gasteiger partial charge in [-0.25, -0.2) is 4.79 Å². The highest BCUT2D eigenvalue weighted by atomic mass is 16.4. The lowest BCUT2D eigenvalue weighted by molar-refractivity contribution is -0.137. The monoisotopic (exact) mass is 415 g/mol. The van der Waals surface area contributed by atoms with Gasteiger partial charge in [0, 0.05) is 13.0 Å². The molecule has 4 amide bonds. The molecule has 0 bridgehead atoms. The van der Waals surface area contributed by atoms with Crippen LogP contribution in [0.15, 0.2) is 0 Å². The van der Waals surface area contributed by atoms with Crippen LogP contribution in [-0.4, -0.2) is 66.4 Å². The third-order valence-corrected chi connectivity index (χ3v) is 4.33. The average molecular weight is 415 g/mol. The van der Waals surface area contributed by atoms with Crippen molar-refractivity contribution in [3.63, 3.8) is 0 Å². The number of carboxylic acids is 1. The van der Waals surface area contributed by atoms with Crippen LogP contribution in [0.4, 0.5) is 4.79 Å². The van der Waals surface area contributed by atoms with Gasteiger partial charge >= 0.3 is 12.0 Å². The quantitative estimate of drug-likeness (QED) is 0.199. The lowest BCUT2D eigenvalue weighted by Crippen LogP contribution is -2.56. The molecule has 0 saturated heterocycles. The number of hydrogen-bond acceptors (Lipinski definition) is 6. The number of carbonyl (C=O) groups excluding carboxylic acids is 4. The van der Waals surface area contributed by atoms with Crippen molar-refractivity contribution in [3.05, 3.63) is 0 Å². The molecule has 7 N–H and O–H groups in total. The van der Waals surface area contributed by atoms with Crippen LogP contribution < -0.4 is 27.0 Å². The summed E-state index contributed by atoms with van der Waals surface area (Å²) in [6.07, 6.45) is 0.622. The van der Waals surface area contributed by atoms with Gasteiger partial charge in [-0.15, -0.1) is 0 Å². The molecule has 0 saturated carbocycles. The number of nitrogens with one attached hydrogen (secondary N) is 4. The maximum atomic E-state index is 12.7. The number of primary amides is 1. The van der Waals surface area contributed by atoms with E-state index >= 15 is 0 Å². The summed E-state index contributed by atoms with van der Waals surface area (Å²) in [6.45, 7) is 5.11. The maximum absolute atomic E-state index is 12.7. The van der Waals surface area contributed by atoms with Crippen molar-refractivity contribution >= 4 is 29.6 Å². The van der Waals surface area contributed by atoms with Crippen molar-refractivity contribution in [1.82, 2.24) is 21.3 Å². The van der Waals surface area contributed by atoms with Gasteiger partial charge in [-0.3, -0.25) is 19.2 Å². The molecule has 166 valence electrons. The summed E-state index contributed by atoms with van der Waals surface area (Å²) in [5, 5.41) is 19.2. The minimum atomic E-state index is -1.02. The van der Waals surface area contributed by atoms with E-state index < -0.39 is 41.9 Å². The van der Waals surface area contributed by atoms with Crippen molar-refractivity contribution in [1.29, 1.82) is 0 Å². The van der Waals surface area contributed by atoms with Crippen LogP contribution >= 0.6 is 0 Å². The highest BCUT2D eigenvalue weighted by Crippen LogP contribution is 2.07. The average Bonchev–Trinajstić information content (AvgIpc) is 2.61. The molecule has 11 heteroatoms. The summed E-state index contributed by atoms with van der Waals surface area (Å²) in [4.78, 5) is 58.4. The zero-order chi connectivity index (χ0) is 22.6. The Bertz CT molecular complexity index is 595. The molecule has 0 aromatic rings. The molecule has 3 atom stereocenters. The molecular formula is C18H33N5O6. The number of Topliss-reactive ketones (excluding diaryl/α,β-unsaturated/α-hetero) is 1. The minimum Gasteiger partial charge on any atom is -0.481 e.